The van der Waals surface area contributed by atoms with E-state index in [2.05, 4.69) is 60.2 Å². The van der Waals surface area contributed by atoms with Gasteiger partial charge in [-0.15, -0.1) is 0 Å². The summed E-state index contributed by atoms with van der Waals surface area (Å²) in [6.45, 7) is 5.63. The van der Waals surface area contributed by atoms with E-state index in [1.54, 1.807) is 0 Å². The van der Waals surface area contributed by atoms with Gasteiger partial charge in [0.2, 0.25) is 0 Å². The third-order valence-corrected chi connectivity index (χ3v) is 10.8. The molecule has 0 unspecified atom stereocenters. The molecule has 0 radical (unpaired) electrons. The van der Waals surface area contributed by atoms with Crippen molar-refractivity contribution in [3.8, 4) is 0 Å². The van der Waals surface area contributed by atoms with Crippen LogP contribution in [0.15, 0.2) is 30.7 Å². The van der Waals surface area contributed by atoms with Gasteiger partial charge >= 0.3 is 23.9 Å². The summed E-state index contributed by atoms with van der Waals surface area (Å²) in [5, 5.41) is 21.8. The number of hydrogen-bond donors (Lipinski definition) is 0. The Kier molecular flexibility index (Phi) is 19.4. The summed E-state index contributed by atoms with van der Waals surface area (Å²) in [6.07, 6.45) is -21.4. The number of hydrogen-bond acceptors (Lipinski definition) is 20. The molecule has 358 valence electrons. The number of alkyl halides is 1. The molecule has 3 heterocycles. The molecule has 3 aliphatic heterocycles. The van der Waals surface area contributed by atoms with Crippen LogP contribution in [0.4, 0.5) is 4.39 Å². The van der Waals surface area contributed by atoms with Crippen LogP contribution in [0.25, 0.3) is 62.7 Å². The van der Waals surface area contributed by atoms with E-state index in [9.17, 15) is 41.3 Å². The first-order chi connectivity index (χ1) is 31.5. The molecule has 0 aromatic rings. The standard InChI is InChI=1S/C33H45FN18O14/c1-11-19(8-41-47-35)61-32(24(22(11)34)46-52-40)64-27-18(44-50-38)7-17(43-49-37)26(59-15(5)55)29(27)66-33-30(60-16(6)56)28(21(63-33)10-57-13(3)53)65-31-23(45-51-39)12(2)25(58-14(4)54)20(62-31)9-42-48-36/h11-12,17-33H,7-10H2,1-6H3/t11-,12-,17-,18+,19-,20+,21-,22+,23-,24-,25+,26+,27-,28-,29-,30-,31-,32-,33+/m1/s1. The summed E-state index contributed by atoms with van der Waals surface area (Å²) in [5.74, 6) is -5.43. The fourth-order valence-electron chi connectivity index (χ4n) is 7.98. The largest absolute Gasteiger partial charge is 0.463 e. The molecule has 3 saturated heterocycles. The highest BCUT2D eigenvalue weighted by atomic mass is 19.1. The molecule has 1 saturated carbocycles. The van der Waals surface area contributed by atoms with Crippen molar-refractivity contribution in [3.63, 3.8) is 0 Å². The first kappa shape index (κ1) is 52.1. The number of carbonyl (C=O) groups excluding carboxylic acids is 4. The minimum atomic E-state index is -1.99. The Hall–Kier alpha value is -6.57. The quantitative estimate of drug-likeness (QED) is 0.0539. The minimum Gasteiger partial charge on any atom is -0.463 e. The molecular weight excluding hydrogens is 891 g/mol. The second-order valence-corrected chi connectivity index (χ2v) is 15.1. The predicted octanol–water partition coefficient (Wildman–Crippen LogP) is 5.03. The highest BCUT2D eigenvalue weighted by Gasteiger charge is 2.58. The fraction of sp³-hybridized carbons (Fsp3) is 0.879. The third kappa shape index (κ3) is 13.0. The zero-order valence-corrected chi connectivity index (χ0v) is 35.9. The lowest BCUT2D eigenvalue weighted by molar-refractivity contribution is -0.299. The van der Waals surface area contributed by atoms with E-state index < -0.39 is 166 Å². The molecule has 0 aromatic heterocycles. The number of azide groups is 6. The monoisotopic (exact) mass is 936 g/mol. The zero-order chi connectivity index (χ0) is 48.7. The van der Waals surface area contributed by atoms with Crippen LogP contribution in [0.5, 0.6) is 0 Å². The van der Waals surface area contributed by atoms with Crippen molar-refractivity contribution in [2.75, 3.05) is 19.7 Å². The summed E-state index contributed by atoms with van der Waals surface area (Å²) in [6, 6.07) is -5.92. The van der Waals surface area contributed by atoms with Gasteiger partial charge in [0.1, 0.15) is 55.4 Å². The van der Waals surface area contributed by atoms with Crippen LogP contribution in [0.3, 0.4) is 0 Å². The molecule has 0 bridgehead atoms. The molecule has 33 heteroatoms. The van der Waals surface area contributed by atoms with E-state index in [0.29, 0.717) is 0 Å². The van der Waals surface area contributed by atoms with Crippen molar-refractivity contribution in [1.29, 1.82) is 0 Å². The summed E-state index contributed by atoms with van der Waals surface area (Å²) in [5.41, 5.74) is 56.4. The predicted molar refractivity (Wildman–Crippen MR) is 211 cm³/mol. The Balaban J connectivity index is 1.88. The SMILES string of the molecule is CC(=O)OC[C@H]1O[C@@H](O[C@@H]2[C@@H](OC(C)=O)[C@H](N=[N+]=[N-])C[C@H](N=[N+]=[N-])[C@H]2O[C@H]2O[C@H](CN=[N+]=[N-])[C@@H](C)[C@H](F)[C@H]2N=[N+]=[N-])[C@H](OC(C)=O)[C@@H]1O[C@H]1O[C@@H](CN=[N+]=[N-])[C@@H](OC(C)=O)[C@H](C)[C@H]1N=[N+]=[N-]. The summed E-state index contributed by atoms with van der Waals surface area (Å²) in [7, 11) is 0. The van der Waals surface area contributed by atoms with Gasteiger partial charge in [-0.3, -0.25) is 19.2 Å². The molecule has 4 aliphatic rings. The summed E-state index contributed by atoms with van der Waals surface area (Å²) >= 11 is 0. The topological polar surface area (TPSA) is 453 Å². The Bertz CT molecular complexity index is 2070. The maximum atomic E-state index is 16.0. The number of ether oxygens (including phenoxy) is 10. The Morgan fingerprint density at radius 3 is 1.56 bits per heavy atom. The second-order valence-electron chi connectivity index (χ2n) is 15.1. The van der Waals surface area contributed by atoms with Crippen molar-refractivity contribution in [3.05, 3.63) is 62.7 Å². The fourth-order valence-corrected chi connectivity index (χ4v) is 7.98. The second kappa shape index (κ2) is 24.6. The molecule has 0 N–H and O–H groups in total. The van der Waals surface area contributed by atoms with Crippen LogP contribution < -0.4 is 0 Å². The average Bonchev–Trinajstić information content (AvgIpc) is 3.56. The molecule has 32 nitrogen and oxygen atoms in total. The van der Waals surface area contributed by atoms with Crippen LogP contribution >= 0.6 is 0 Å². The maximum Gasteiger partial charge on any atom is 0.303 e. The van der Waals surface area contributed by atoms with Crippen LogP contribution in [0.1, 0.15) is 48.0 Å². The van der Waals surface area contributed by atoms with Gasteiger partial charge in [-0.2, -0.15) is 0 Å². The van der Waals surface area contributed by atoms with Gasteiger partial charge in [-0.1, -0.05) is 44.5 Å². The molecule has 0 spiro atoms. The molecule has 1 aliphatic carbocycles. The third-order valence-electron chi connectivity index (χ3n) is 10.8. The number of rotatable bonds is 19. The molecule has 4 fully saturated rings. The lowest BCUT2D eigenvalue weighted by Gasteiger charge is -2.47. The minimum absolute atomic E-state index is 0.407. The maximum absolute atomic E-state index is 16.0. The summed E-state index contributed by atoms with van der Waals surface area (Å²) in [4.78, 5) is 66.5. The van der Waals surface area contributed by atoms with Crippen molar-refractivity contribution in [1.82, 2.24) is 0 Å². The van der Waals surface area contributed by atoms with Crippen LogP contribution in [-0.4, -0.2) is 148 Å². The van der Waals surface area contributed by atoms with Gasteiger partial charge < -0.3 is 47.4 Å². The van der Waals surface area contributed by atoms with E-state index in [-0.39, 0.29) is 0 Å². The molecule has 4 rings (SSSR count). The van der Waals surface area contributed by atoms with E-state index in [1.807, 2.05) is 0 Å². The lowest BCUT2D eigenvalue weighted by atomic mass is 9.83. The van der Waals surface area contributed by atoms with E-state index in [1.165, 1.54) is 13.8 Å². The van der Waals surface area contributed by atoms with Crippen molar-refractivity contribution < 1.29 is 70.9 Å². The van der Waals surface area contributed by atoms with Gasteiger partial charge in [-0.25, -0.2) is 4.39 Å². The van der Waals surface area contributed by atoms with Crippen LogP contribution in [0, 0.1) is 11.8 Å². The average molecular weight is 937 g/mol. The van der Waals surface area contributed by atoms with Crippen molar-refractivity contribution >= 4 is 23.9 Å². The summed E-state index contributed by atoms with van der Waals surface area (Å²) < 4.78 is 75.4. The highest BCUT2D eigenvalue weighted by molar-refractivity contribution is 5.67. The Labute approximate surface area is 371 Å². The zero-order valence-electron chi connectivity index (χ0n) is 35.9. The van der Waals surface area contributed by atoms with E-state index in [0.717, 1.165) is 27.7 Å². The van der Waals surface area contributed by atoms with E-state index >= 15 is 4.39 Å². The lowest BCUT2D eigenvalue weighted by Crippen LogP contribution is -2.62. The normalized spacial score (nSPS) is 36.9. The number of esters is 4. The van der Waals surface area contributed by atoms with Gasteiger partial charge in [0.25, 0.3) is 0 Å². The molecular formula is C33H45FN18O14. The number of halogens is 1. The smallest absolute Gasteiger partial charge is 0.303 e. The van der Waals surface area contributed by atoms with Crippen molar-refractivity contribution in [2.24, 2.45) is 42.5 Å². The number of carbonyl (C=O) groups is 4. The van der Waals surface area contributed by atoms with Gasteiger partial charge in [0, 0.05) is 69.0 Å². The van der Waals surface area contributed by atoms with Gasteiger partial charge in [0.05, 0.1) is 43.4 Å². The molecule has 0 amide bonds. The van der Waals surface area contributed by atoms with E-state index in [4.69, 9.17) is 58.4 Å². The first-order valence-corrected chi connectivity index (χ1v) is 19.9. The van der Waals surface area contributed by atoms with Crippen LogP contribution in [-0.2, 0) is 66.5 Å². The first-order valence-electron chi connectivity index (χ1n) is 19.9. The Morgan fingerprint density at radius 1 is 0.530 bits per heavy atom. The number of nitrogens with zero attached hydrogens (tertiary/aromatic N) is 18. The van der Waals surface area contributed by atoms with Crippen LogP contribution in [0.2, 0.25) is 0 Å². The molecule has 66 heavy (non-hydrogen) atoms. The Morgan fingerprint density at radius 2 is 1.00 bits per heavy atom. The van der Waals surface area contributed by atoms with Crippen molar-refractivity contribution in [2.45, 2.75) is 152 Å². The molecule has 19 atom stereocenters. The van der Waals surface area contributed by atoms with Gasteiger partial charge in [0.15, 0.2) is 25.0 Å². The highest BCUT2D eigenvalue weighted by Crippen LogP contribution is 2.41. The molecule has 0 aromatic carbocycles. The van der Waals surface area contributed by atoms with Gasteiger partial charge in [-0.05, 0) is 39.6 Å².